The maximum atomic E-state index is 14.0. The van der Waals surface area contributed by atoms with Crippen LogP contribution in [0.15, 0.2) is 71.6 Å². The van der Waals surface area contributed by atoms with E-state index in [1.165, 1.54) is 4.90 Å². The Labute approximate surface area is 243 Å². The van der Waals surface area contributed by atoms with E-state index in [0.29, 0.717) is 17.3 Å². The Morgan fingerprint density at radius 2 is 1.57 bits per heavy atom. The van der Waals surface area contributed by atoms with Crippen molar-refractivity contribution >= 4 is 39.1 Å². The van der Waals surface area contributed by atoms with Crippen molar-refractivity contribution in [2.45, 2.75) is 59.0 Å². The Hall–Kier alpha value is -3.36. The minimum atomic E-state index is -4.12. The summed E-state index contributed by atoms with van der Waals surface area (Å²) in [6.45, 7) is 11.3. The molecule has 0 saturated heterocycles. The monoisotopic (exact) mass is 583 g/mol. The van der Waals surface area contributed by atoms with Crippen LogP contribution in [0.4, 0.5) is 5.69 Å². The number of hydrogen-bond acceptors (Lipinski definition) is 4. The minimum Gasteiger partial charge on any atom is -0.354 e. The molecule has 0 unspecified atom stereocenters. The molecule has 9 heteroatoms. The van der Waals surface area contributed by atoms with E-state index in [1.54, 1.807) is 61.5 Å². The molecule has 0 saturated carbocycles. The van der Waals surface area contributed by atoms with Crippen molar-refractivity contribution in [2.24, 2.45) is 5.92 Å². The first-order valence-corrected chi connectivity index (χ1v) is 15.1. The zero-order valence-electron chi connectivity index (χ0n) is 23.9. The molecule has 1 atom stereocenters. The molecule has 0 aliphatic carbocycles. The predicted molar refractivity (Wildman–Crippen MR) is 161 cm³/mol. The third-order valence-electron chi connectivity index (χ3n) is 6.83. The lowest BCUT2D eigenvalue weighted by Crippen LogP contribution is -2.51. The van der Waals surface area contributed by atoms with Gasteiger partial charge in [-0.15, -0.1) is 0 Å². The third-order valence-corrected chi connectivity index (χ3v) is 8.84. The molecule has 0 aliphatic heterocycles. The number of aryl methyl sites for hydroxylation is 2. The standard InChI is InChI=1S/C31H38ClN3O4S/c1-21(2)18-33-31(37)25(6)34(19-26-10-8-11-27(32)17-26)30(36)20-35(29-12-7-9-23(4)24(29)5)40(38,39)28-15-13-22(3)14-16-28/h7-17,21,25H,18-20H2,1-6H3,(H,33,37)/t25-/m1/s1. The van der Waals surface area contributed by atoms with E-state index in [2.05, 4.69) is 5.32 Å². The summed E-state index contributed by atoms with van der Waals surface area (Å²) in [6.07, 6.45) is 0. The van der Waals surface area contributed by atoms with Gasteiger partial charge in [0.2, 0.25) is 11.8 Å². The molecule has 0 aliphatic rings. The predicted octanol–water partition coefficient (Wildman–Crippen LogP) is 5.65. The van der Waals surface area contributed by atoms with E-state index in [-0.39, 0.29) is 23.3 Å². The van der Waals surface area contributed by atoms with Gasteiger partial charge < -0.3 is 10.2 Å². The lowest BCUT2D eigenvalue weighted by atomic mass is 10.1. The Morgan fingerprint density at radius 3 is 2.20 bits per heavy atom. The van der Waals surface area contributed by atoms with Gasteiger partial charge in [-0.1, -0.05) is 67.4 Å². The molecule has 7 nitrogen and oxygen atoms in total. The smallest absolute Gasteiger partial charge is 0.264 e. The molecule has 0 heterocycles. The van der Waals surface area contributed by atoms with Crippen molar-refractivity contribution in [3.63, 3.8) is 0 Å². The molecule has 3 aromatic rings. The van der Waals surface area contributed by atoms with E-state index in [4.69, 9.17) is 11.6 Å². The second-order valence-electron chi connectivity index (χ2n) is 10.5. The summed E-state index contributed by atoms with van der Waals surface area (Å²) in [5.74, 6) is -0.597. The molecule has 0 aromatic heterocycles. The summed E-state index contributed by atoms with van der Waals surface area (Å²) in [4.78, 5) is 28.6. The summed E-state index contributed by atoms with van der Waals surface area (Å²) >= 11 is 6.20. The van der Waals surface area contributed by atoms with Crippen molar-refractivity contribution < 1.29 is 18.0 Å². The molecule has 0 fully saturated rings. The number of benzene rings is 3. The number of hydrogen-bond donors (Lipinski definition) is 1. The lowest BCUT2D eigenvalue weighted by molar-refractivity contribution is -0.139. The van der Waals surface area contributed by atoms with Crippen LogP contribution in [0.1, 0.15) is 43.0 Å². The summed E-state index contributed by atoms with van der Waals surface area (Å²) in [5, 5.41) is 3.39. The van der Waals surface area contributed by atoms with Gasteiger partial charge in [0.05, 0.1) is 10.6 Å². The minimum absolute atomic E-state index is 0.0796. The van der Waals surface area contributed by atoms with E-state index < -0.39 is 28.5 Å². The molecule has 3 rings (SSSR count). The van der Waals surface area contributed by atoms with Crippen LogP contribution in [-0.2, 0) is 26.2 Å². The fourth-order valence-corrected chi connectivity index (χ4v) is 5.91. The molecule has 0 spiro atoms. The third kappa shape index (κ3) is 7.64. The maximum Gasteiger partial charge on any atom is 0.264 e. The van der Waals surface area contributed by atoms with Crippen LogP contribution in [-0.4, -0.2) is 44.3 Å². The van der Waals surface area contributed by atoms with E-state index in [0.717, 1.165) is 26.6 Å². The normalized spacial score (nSPS) is 12.2. The number of carbonyl (C=O) groups is 2. The SMILES string of the molecule is Cc1ccc(S(=O)(=O)N(CC(=O)N(Cc2cccc(Cl)c2)[C@H](C)C(=O)NCC(C)C)c2cccc(C)c2C)cc1. The number of amides is 2. The number of nitrogens with zero attached hydrogens (tertiary/aromatic N) is 2. The van der Waals surface area contributed by atoms with Crippen molar-refractivity contribution in [3.05, 3.63) is 94.0 Å². The Balaban J connectivity index is 2.06. The number of carbonyl (C=O) groups excluding carboxylic acids is 2. The number of rotatable bonds is 11. The van der Waals surface area contributed by atoms with Crippen molar-refractivity contribution in [1.29, 1.82) is 0 Å². The number of anilines is 1. The van der Waals surface area contributed by atoms with Gasteiger partial charge >= 0.3 is 0 Å². The van der Waals surface area contributed by atoms with Gasteiger partial charge in [0.1, 0.15) is 12.6 Å². The molecular weight excluding hydrogens is 546 g/mol. The Bertz CT molecular complexity index is 1460. The van der Waals surface area contributed by atoms with Gasteiger partial charge in [0, 0.05) is 18.1 Å². The first-order valence-electron chi connectivity index (χ1n) is 13.3. The summed E-state index contributed by atoms with van der Waals surface area (Å²) in [5.41, 5.74) is 3.70. The highest BCUT2D eigenvalue weighted by Crippen LogP contribution is 2.29. The van der Waals surface area contributed by atoms with Crippen LogP contribution in [0, 0.1) is 26.7 Å². The first kappa shape index (κ1) is 31.2. The van der Waals surface area contributed by atoms with Gasteiger partial charge in [0.25, 0.3) is 10.0 Å². The van der Waals surface area contributed by atoms with Crippen LogP contribution in [0.5, 0.6) is 0 Å². The molecular formula is C31H38ClN3O4S. The van der Waals surface area contributed by atoms with Crippen LogP contribution >= 0.6 is 11.6 Å². The zero-order chi connectivity index (χ0) is 29.6. The van der Waals surface area contributed by atoms with Crippen LogP contribution < -0.4 is 9.62 Å². The van der Waals surface area contributed by atoms with Gasteiger partial charge in [0.15, 0.2) is 0 Å². The summed E-state index contributed by atoms with van der Waals surface area (Å²) in [6, 6.07) is 18.1. The maximum absolute atomic E-state index is 14.0. The average molecular weight is 584 g/mol. The highest BCUT2D eigenvalue weighted by atomic mass is 35.5. The quantitative estimate of drug-likeness (QED) is 0.316. The van der Waals surface area contributed by atoms with Gasteiger partial charge in [-0.25, -0.2) is 8.42 Å². The van der Waals surface area contributed by atoms with Gasteiger partial charge in [-0.05, 0) is 80.6 Å². The Kier molecular flexibility index (Phi) is 10.4. The van der Waals surface area contributed by atoms with Crippen LogP contribution in [0.2, 0.25) is 5.02 Å². The van der Waals surface area contributed by atoms with E-state index in [1.807, 2.05) is 46.8 Å². The molecule has 0 bridgehead atoms. The largest absolute Gasteiger partial charge is 0.354 e. The number of nitrogens with one attached hydrogen (secondary N) is 1. The number of sulfonamides is 1. The fraction of sp³-hybridized carbons (Fsp3) is 0.355. The van der Waals surface area contributed by atoms with Crippen molar-refractivity contribution in [1.82, 2.24) is 10.2 Å². The zero-order valence-corrected chi connectivity index (χ0v) is 25.5. The molecule has 1 N–H and O–H groups in total. The summed E-state index contributed by atoms with van der Waals surface area (Å²) < 4.78 is 29.2. The average Bonchev–Trinajstić information content (AvgIpc) is 2.90. The van der Waals surface area contributed by atoms with Crippen molar-refractivity contribution in [2.75, 3.05) is 17.4 Å². The molecule has 0 radical (unpaired) electrons. The highest BCUT2D eigenvalue weighted by molar-refractivity contribution is 7.92. The van der Waals surface area contributed by atoms with Gasteiger partial charge in [-0.2, -0.15) is 0 Å². The highest BCUT2D eigenvalue weighted by Gasteiger charge is 2.33. The van der Waals surface area contributed by atoms with Crippen molar-refractivity contribution in [3.8, 4) is 0 Å². The number of halogens is 1. The fourth-order valence-electron chi connectivity index (χ4n) is 4.22. The molecule has 214 valence electrons. The topological polar surface area (TPSA) is 86.8 Å². The van der Waals surface area contributed by atoms with E-state index >= 15 is 0 Å². The molecule has 2 amide bonds. The molecule has 3 aromatic carbocycles. The van der Waals surface area contributed by atoms with E-state index in [9.17, 15) is 18.0 Å². The van der Waals surface area contributed by atoms with Gasteiger partial charge in [-0.3, -0.25) is 13.9 Å². The second kappa shape index (κ2) is 13.3. The first-order chi connectivity index (χ1) is 18.8. The lowest BCUT2D eigenvalue weighted by Gasteiger charge is -2.32. The second-order valence-corrected chi connectivity index (χ2v) is 12.8. The van der Waals surface area contributed by atoms with Crippen LogP contribution in [0.25, 0.3) is 0 Å². The molecule has 40 heavy (non-hydrogen) atoms. The Morgan fingerprint density at radius 1 is 0.925 bits per heavy atom. The van der Waals surface area contributed by atoms with Crippen LogP contribution in [0.3, 0.4) is 0 Å². The summed E-state index contributed by atoms with van der Waals surface area (Å²) in [7, 11) is -4.12.